The molecule has 0 radical (unpaired) electrons. The number of nitrogens with zero attached hydrogens (tertiary/aromatic N) is 4. The third-order valence-corrected chi connectivity index (χ3v) is 5.46. The zero-order chi connectivity index (χ0) is 20.6. The number of hydrogen-bond donors (Lipinski definition) is 1. The molecule has 1 N–H and O–H groups in total. The van der Waals surface area contributed by atoms with Crippen molar-refractivity contribution >= 4 is 17.5 Å². The van der Waals surface area contributed by atoms with Crippen LogP contribution in [-0.4, -0.2) is 78.1 Å². The van der Waals surface area contributed by atoms with Gasteiger partial charge in [-0.1, -0.05) is 19.1 Å². The van der Waals surface area contributed by atoms with Crippen LogP contribution in [0.3, 0.4) is 0 Å². The van der Waals surface area contributed by atoms with E-state index in [0.717, 1.165) is 51.3 Å². The van der Waals surface area contributed by atoms with Gasteiger partial charge >= 0.3 is 0 Å². The maximum Gasteiger partial charge on any atom is 0.267 e. The van der Waals surface area contributed by atoms with Crippen molar-refractivity contribution in [1.29, 1.82) is 0 Å². The summed E-state index contributed by atoms with van der Waals surface area (Å²) in [6.07, 6.45) is 1.50. The molecule has 2 aliphatic rings. The van der Waals surface area contributed by atoms with Crippen LogP contribution in [0.5, 0.6) is 0 Å². The second kappa shape index (κ2) is 10.5. The number of carbonyl (C=O) groups is 2. The van der Waals surface area contributed by atoms with Gasteiger partial charge in [-0.25, -0.2) is 9.40 Å². The van der Waals surface area contributed by atoms with Crippen molar-refractivity contribution in [3.05, 3.63) is 35.6 Å². The Labute approximate surface area is 171 Å². The van der Waals surface area contributed by atoms with E-state index in [4.69, 9.17) is 0 Å². The maximum absolute atomic E-state index is 13.0. The number of rotatable bonds is 8. The SMILES string of the molecule is CCN1CCN(CCCNC(=O)C2=NN(Cc3ccc(F)cc3)C(=O)CC2)CC1. The van der Waals surface area contributed by atoms with Crippen molar-refractivity contribution < 1.29 is 14.0 Å². The van der Waals surface area contributed by atoms with Gasteiger partial charge in [-0.3, -0.25) is 9.59 Å². The molecular weight excluding hydrogens is 373 g/mol. The first-order valence-electron chi connectivity index (χ1n) is 10.4. The number of hydrazone groups is 1. The number of benzene rings is 1. The largest absolute Gasteiger partial charge is 0.351 e. The standard InChI is InChI=1S/C21H30FN5O2/c1-2-25-12-14-26(15-13-25)11-3-10-23-21(29)19-8-9-20(28)27(24-19)16-17-4-6-18(22)7-5-17/h4-7H,2-3,8-16H2,1H3,(H,23,29). The van der Waals surface area contributed by atoms with Gasteiger partial charge in [-0.2, -0.15) is 5.10 Å². The Hall–Kier alpha value is -2.32. The Morgan fingerprint density at radius 1 is 1.10 bits per heavy atom. The summed E-state index contributed by atoms with van der Waals surface area (Å²) in [5.41, 5.74) is 1.15. The third kappa shape index (κ3) is 6.33. The third-order valence-electron chi connectivity index (χ3n) is 5.46. The minimum absolute atomic E-state index is 0.128. The van der Waals surface area contributed by atoms with Crippen LogP contribution in [-0.2, 0) is 16.1 Å². The maximum atomic E-state index is 13.0. The molecular formula is C21H30FN5O2. The van der Waals surface area contributed by atoms with Crippen LogP contribution < -0.4 is 5.32 Å². The molecule has 8 heteroatoms. The molecule has 158 valence electrons. The summed E-state index contributed by atoms with van der Waals surface area (Å²) in [5.74, 6) is -0.663. The number of halogens is 1. The Morgan fingerprint density at radius 2 is 1.79 bits per heavy atom. The summed E-state index contributed by atoms with van der Waals surface area (Å²) in [5, 5.41) is 8.47. The van der Waals surface area contributed by atoms with Crippen molar-refractivity contribution in [3.8, 4) is 0 Å². The molecule has 1 aromatic carbocycles. The molecule has 1 fully saturated rings. The zero-order valence-electron chi connectivity index (χ0n) is 17.1. The van der Waals surface area contributed by atoms with Gasteiger partial charge in [-0.05, 0) is 37.2 Å². The molecule has 1 aromatic rings. The second-order valence-corrected chi connectivity index (χ2v) is 7.51. The van der Waals surface area contributed by atoms with Crippen LogP contribution in [0.25, 0.3) is 0 Å². The van der Waals surface area contributed by atoms with Crippen LogP contribution in [0.15, 0.2) is 29.4 Å². The van der Waals surface area contributed by atoms with E-state index in [1.54, 1.807) is 12.1 Å². The summed E-state index contributed by atoms with van der Waals surface area (Å²) in [6.45, 7) is 9.47. The molecule has 0 aromatic heterocycles. The zero-order valence-corrected chi connectivity index (χ0v) is 17.1. The monoisotopic (exact) mass is 403 g/mol. The van der Waals surface area contributed by atoms with Crippen LogP contribution in [0.4, 0.5) is 4.39 Å². The number of amides is 2. The summed E-state index contributed by atoms with van der Waals surface area (Å²) in [7, 11) is 0. The molecule has 0 spiro atoms. The van der Waals surface area contributed by atoms with Crippen molar-refractivity contribution in [2.24, 2.45) is 5.10 Å². The molecule has 1 saturated heterocycles. The van der Waals surface area contributed by atoms with E-state index in [1.807, 2.05) is 0 Å². The van der Waals surface area contributed by atoms with E-state index >= 15 is 0 Å². The molecule has 2 amide bonds. The van der Waals surface area contributed by atoms with Gasteiger partial charge in [-0.15, -0.1) is 0 Å². The summed E-state index contributed by atoms with van der Waals surface area (Å²) < 4.78 is 13.0. The first-order valence-corrected chi connectivity index (χ1v) is 10.4. The van der Waals surface area contributed by atoms with Crippen molar-refractivity contribution in [2.75, 3.05) is 45.8 Å². The Balaban J connectivity index is 1.43. The van der Waals surface area contributed by atoms with Crippen LogP contribution in [0, 0.1) is 5.82 Å². The molecule has 0 aliphatic carbocycles. The van der Waals surface area contributed by atoms with E-state index < -0.39 is 0 Å². The molecule has 3 rings (SSSR count). The smallest absolute Gasteiger partial charge is 0.267 e. The number of nitrogens with one attached hydrogen (secondary N) is 1. The van der Waals surface area contributed by atoms with Gasteiger partial charge in [0, 0.05) is 45.6 Å². The lowest BCUT2D eigenvalue weighted by Gasteiger charge is -2.34. The lowest BCUT2D eigenvalue weighted by molar-refractivity contribution is -0.132. The fraction of sp³-hybridized carbons (Fsp3) is 0.571. The molecule has 0 saturated carbocycles. The first kappa shape index (κ1) is 21.4. The Bertz CT molecular complexity index is 729. The fourth-order valence-electron chi connectivity index (χ4n) is 3.59. The van der Waals surface area contributed by atoms with Crippen molar-refractivity contribution in [2.45, 2.75) is 32.7 Å². The Morgan fingerprint density at radius 3 is 2.48 bits per heavy atom. The quantitative estimate of drug-likeness (QED) is 0.667. The highest BCUT2D eigenvalue weighted by atomic mass is 19.1. The average molecular weight is 404 g/mol. The lowest BCUT2D eigenvalue weighted by Crippen LogP contribution is -2.46. The highest BCUT2D eigenvalue weighted by Crippen LogP contribution is 2.14. The molecule has 2 aliphatic heterocycles. The summed E-state index contributed by atoms with van der Waals surface area (Å²) >= 11 is 0. The van der Waals surface area contributed by atoms with E-state index in [0.29, 0.717) is 18.7 Å². The van der Waals surface area contributed by atoms with Crippen molar-refractivity contribution in [1.82, 2.24) is 20.1 Å². The fourth-order valence-corrected chi connectivity index (χ4v) is 3.59. The summed E-state index contributed by atoms with van der Waals surface area (Å²) in [4.78, 5) is 29.4. The molecule has 7 nitrogen and oxygen atoms in total. The highest BCUT2D eigenvalue weighted by Gasteiger charge is 2.24. The second-order valence-electron chi connectivity index (χ2n) is 7.51. The van der Waals surface area contributed by atoms with Gasteiger partial charge in [0.1, 0.15) is 11.5 Å². The normalized spacial score (nSPS) is 18.6. The topological polar surface area (TPSA) is 68.2 Å². The number of piperazine rings is 1. The van der Waals surface area contributed by atoms with E-state index in [9.17, 15) is 14.0 Å². The van der Waals surface area contributed by atoms with Gasteiger partial charge in [0.2, 0.25) is 5.91 Å². The summed E-state index contributed by atoms with van der Waals surface area (Å²) in [6, 6.07) is 5.94. The number of likely N-dealkylation sites (N-methyl/N-ethyl adjacent to an activating group) is 1. The van der Waals surface area contributed by atoms with Gasteiger partial charge in [0.05, 0.1) is 6.54 Å². The van der Waals surface area contributed by atoms with Crippen LogP contribution in [0.2, 0.25) is 0 Å². The number of hydrogen-bond acceptors (Lipinski definition) is 5. The lowest BCUT2D eigenvalue weighted by atomic mass is 10.1. The van der Waals surface area contributed by atoms with Gasteiger partial charge in [0.25, 0.3) is 5.91 Å². The van der Waals surface area contributed by atoms with E-state index in [-0.39, 0.29) is 30.6 Å². The molecule has 0 bridgehead atoms. The Kier molecular flexibility index (Phi) is 7.71. The van der Waals surface area contributed by atoms with E-state index in [1.165, 1.54) is 17.1 Å². The van der Waals surface area contributed by atoms with E-state index in [2.05, 4.69) is 27.1 Å². The predicted octanol–water partition coefficient (Wildman–Crippen LogP) is 1.45. The van der Waals surface area contributed by atoms with Crippen molar-refractivity contribution in [3.63, 3.8) is 0 Å². The van der Waals surface area contributed by atoms with Gasteiger partial charge < -0.3 is 15.1 Å². The van der Waals surface area contributed by atoms with Crippen LogP contribution >= 0.6 is 0 Å². The minimum Gasteiger partial charge on any atom is -0.351 e. The number of carbonyl (C=O) groups excluding carboxylic acids is 2. The molecule has 0 unspecified atom stereocenters. The molecule has 29 heavy (non-hydrogen) atoms. The first-order chi connectivity index (χ1) is 14.0. The molecule has 0 atom stereocenters. The highest BCUT2D eigenvalue weighted by molar-refractivity contribution is 6.39. The average Bonchev–Trinajstić information content (AvgIpc) is 2.74. The predicted molar refractivity (Wildman–Crippen MR) is 110 cm³/mol. The molecule has 2 heterocycles. The minimum atomic E-state index is -0.325. The van der Waals surface area contributed by atoms with Crippen LogP contribution in [0.1, 0.15) is 31.7 Å². The van der Waals surface area contributed by atoms with Gasteiger partial charge in [0.15, 0.2) is 0 Å².